The molecule has 0 amide bonds. The number of hydrazone groups is 1. The number of halogens is 2. The van der Waals surface area contributed by atoms with Gasteiger partial charge in [0.1, 0.15) is 17.9 Å². The lowest BCUT2D eigenvalue weighted by Gasteiger charge is -2.16. The van der Waals surface area contributed by atoms with Gasteiger partial charge in [-0.2, -0.15) is 0 Å². The van der Waals surface area contributed by atoms with Crippen molar-refractivity contribution in [1.82, 2.24) is 16.1 Å². The summed E-state index contributed by atoms with van der Waals surface area (Å²) >= 11 is 0. The lowest BCUT2D eigenvalue weighted by molar-refractivity contribution is -0.104. The van der Waals surface area contributed by atoms with Crippen molar-refractivity contribution in [2.75, 3.05) is 6.54 Å². The fraction of sp³-hybridized carbons (Fsp3) is 0.100. The minimum Gasteiger partial charge on any atom is -0.299 e. The largest absolute Gasteiger partial charge is 0.299 e. The molecule has 5 nitrogen and oxygen atoms in total. The number of carbonyl (C=O) groups excluding carboxylic acids is 1. The second-order valence-electron chi connectivity index (χ2n) is 5.71. The van der Waals surface area contributed by atoms with Gasteiger partial charge in [-0.15, -0.1) is 10.2 Å². The van der Waals surface area contributed by atoms with Gasteiger partial charge in [-0.25, -0.2) is 14.3 Å². The average molecular weight is 368 g/mol. The monoisotopic (exact) mass is 368 g/mol. The normalized spacial score (nSPS) is 13.8. The van der Waals surface area contributed by atoms with Crippen LogP contribution in [0.1, 0.15) is 18.1 Å². The van der Waals surface area contributed by atoms with Crippen LogP contribution < -0.4 is 11.0 Å². The first-order valence-electron chi connectivity index (χ1n) is 8.38. The summed E-state index contributed by atoms with van der Waals surface area (Å²) in [4.78, 5) is 10.9. The van der Waals surface area contributed by atoms with Gasteiger partial charge in [-0.1, -0.05) is 24.3 Å². The van der Waals surface area contributed by atoms with E-state index in [9.17, 15) is 13.6 Å². The molecule has 0 bridgehead atoms. The predicted octanol–water partition coefficient (Wildman–Crippen LogP) is 3.18. The van der Waals surface area contributed by atoms with E-state index in [-0.39, 0.29) is 11.6 Å². The summed E-state index contributed by atoms with van der Waals surface area (Å²) in [7, 11) is 0. The van der Waals surface area contributed by atoms with Gasteiger partial charge in [-0.05, 0) is 60.0 Å². The molecule has 0 spiro atoms. The average Bonchev–Trinajstić information content (AvgIpc) is 3.16. The summed E-state index contributed by atoms with van der Waals surface area (Å²) < 4.78 is 26.9. The Morgan fingerprint density at radius 3 is 2.04 bits per heavy atom. The summed E-state index contributed by atoms with van der Waals surface area (Å²) in [6.45, 7) is 2.57. The summed E-state index contributed by atoms with van der Waals surface area (Å²) in [5, 5.41) is 5.92. The second-order valence-corrected chi connectivity index (χ2v) is 5.71. The summed E-state index contributed by atoms with van der Waals surface area (Å²) in [6, 6.07) is 11.9. The first kappa shape index (κ1) is 18.5. The van der Waals surface area contributed by atoms with Gasteiger partial charge in [0.15, 0.2) is 5.84 Å². The van der Waals surface area contributed by atoms with Crippen LogP contribution in [0.5, 0.6) is 0 Å². The second kappa shape index (κ2) is 8.37. The van der Waals surface area contributed by atoms with E-state index in [1.54, 1.807) is 35.5 Å². The Labute approximate surface area is 155 Å². The molecule has 1 heterocycles. The lowest BCUT2D eigenvalue weighted by Crippen LogP contribution is -2.41. The highest BCUT2D eigenvalue weighted by atomic mass is 19.1. The Kier molecular flexibility index (Phi) is 5.73. The molecule has 0 aliphatic carbocycles. The molecule has 0 aromatic heterocycles. The number of aldehydes is 1. The standard InChI is InChI=1S/C20H18F2N4O/c1-2-26-24-20(23-25-26)18(4-3-13-27)19(14-5-9-16(21)10-6-14)15-7-11-17(22)12-8-15/h3-13,25H,2H2,1H3,(H,23,24). The summed E-state index contributed by atoms with van der Waals surface area (Å²) in [6.07, 6.45) is 3.62. The number of hydrogen-bond donors (Lipinski definition) is 2. The van der Waals surface area contributed by atoms with E-state index < -0.39 is 0 Å². The Morgan fingerprint density at radius 2 is 1.59 bits per heavy atom. The first-order valence-corrected chi connectivity index (χ1v) is 8.38. The van der Waals surface area contributed by atoms with Gasteiger partial charge in [0.2, 0.25) is 0 Å². The number of rotatable bonds is 6. The Morgan fingerprint density at radius 1 is 1.04 bits per heavy atom. The van der Waals surface area contributed by atoms with E-state index in [1.807, 2.05) is 6.92 Å². The van der Waals surface area contributed by atoms with E-state index in [1.165, 1.54) is 30.3 Å². The molecule has 0 unspecified atom stereocenters. The number of nitrogens with zero attached hydrogens (tertiary/aromatic N) is 2. The molecule has 0 atom stereocenters. The van der Waals surface area contributed by atoms with Gasteiger partial charge in [0.05, 0.1) is 0 Å². The molecular formula is C20H18F2N4O. The first-order chi connectivity index (χ1) is 13.1. The molecule has 0 fully saturated rings. The zero-order valence-corrected chi connectivity index (χ0v) is 14.6. The van der Waals surface area contributed by atoms with E-state index >= 15 is 0 Å². The van der Waals surface area contributed by atoms with Crippen LogP contribution >= 0.6 is 0 Å². The number of carbonyl (C=O) groups is 1. The molecule has 0 saturated heterocycles. The van der Waals surface area contributed by atoms with Crippen molar-refractivity contribution in [3.63, 3.8) is 0 Å². The lowest BCUT2D eigenvalue weighted by atomic mass is 9.92. The van der Waals surface area contributed by atoms with Gasteiger partial charge >= 0.3 is 0 Å². The maximum Gasteiger partial charge on any atom is 0.171 e. The topological polar surface area (TPSA) is 56.7 Å². The fourth-order valence-corrected chi connectivity index (χ4v) is 2.69. The van der Waals surface area contributed by atoms with Crippen molar-refractivity contribution >= 4 is 17.7 Å². The van der Waals surface area contributed by atoms with E-state index in [0.29, 0.717) is 40.9 Å². The highest BCUT2D eigenvalue weighted by molar-refractivity contribution is 6.10. The smallest absolute Gasteiger partial charge is 0.171 e. The maximum atomic E-state index is 13.4. The zero-order valence-electron chi connectivity index (χ0n) is 14.6. The van der Waals surface area contributed by atoms with Crippen LogP contribution in [0, 0.1) is 11.6 Å². The number of benzene rings is 2. The molecule has 27 heavy (non-hydrogen) atoms. The molecule has 2 aromatic carbocycles. The van der Waals surface area contributed by atoms with E-state index in [2.05, 4.69) is 16.1 Å². The van der Waals surface area contributed by atoms with E-state index in [0.717, 1.165) is 0 Å². The molecule has 138 valence electrons. The molecular weight excluding hydrogens is 350 g/mol. The molecule has 0 radical (unpaired) electrons. The van der Waals surface area contributed by atoms with Crippen molar-refractivity contribution in [2.24, 2.45) is 5.10 Å². The number of nitrogens with one attached hydrogen (secondary N) is 2. The molecule has 1 aliphatic heterocycles. The zero-order chi connectivity index (χ0) is 19.2. The van der Waals surface area contributed by atoms with E-state index in [4.69, 9.17) is 0 Å². The van der Waals surface area contributed by atoms with Gasteiger partial charge in [0, 0.05) is 12.1 Å². The summed E-state index contributed by atoms with van der Waals surface area (Å²) in [5.74, 6) is -0.242. The Bertz CT molecular complexity index is 855. The van der Waals surface area contributed by atoms with Crippen LogP contribution in [-0.2, 0) is 4.79 Å². The highest BCUT2D eigenvalue weighted by Crippen LogP contribution is 2.29. The number of allylic oxidation sites excluding steroid dienone is 1. The fourth-order valence-electron chi connectivity index (χ4n) is 2.69. The van der Waals surface area contributed by atoms with Crippen LogP contribution in [0.3, 0.4) is 0 Å². The number of amidine groups is 1. The molecule has 2 N–H and O–H groups in total. The van der Waals surface area contributed by atoms with Crippen LogP contribution in [0.25, 0.3) is 5.57 Å². The van der Waals surface area contributed by atoms with Crippen molar-refractivity contribution in [2.45, 2.75) is 6.92 Å². The number of hydrogen-bond acceptors (Lipinski definition) is 5. The summed E-state index contributed by atoms with van der Waals surface area (Å²) in [5.41, 5.74) is 8.60. The molecule has 1 aliphatic rings. The van der Waals surface area contributed by atoms with Crippen molar-refractivity contribution in [3.8, 4) is 0 Å². The van der Waals surface area contributed by atoms with Crippen LogP contribution in [0.15, 0.2) is 71.4 Å². The van der Waals surface area contributed by atoms with Crippen molar-refractivity contribution in [1.29, 1.82) is 0 Å². The molecule has 0 saturated carbocycles. The Hall–Kier alpha value is -3.32. The minimum absolute atomic E-state index is 0.364. The third-order valence-corrected chi connectivity index (χ3v) is 3.97. The third-order valence-electron chi connectivity index (χ3n) is 3.97. The van der Waals surface area contributed by atoms with Crippen molar-refractivity contribution < 1.29 is 13.6 Å². The Balaban J connectivity index is 2.22. The molecule has 7 heteroatoms. The highest BCUT2D eigenvalue weighted by Gasteiger charge is 2.20. The third kappa shape index (κ3) is 4.27. The van der Waals surface area contributed by atoms with Crippen LogP contribution in [0.2, 0.25) is 0 Å². The van der Waals surface area contributed by atoms with Gasteiger partial charge in [0.25, 0.3) is 0 Å². The molecule has 3 rings (SSSR count). The van der Waals surface area contributed by atoms with Gasteiger partial charge in [-0.3, -0.25) is 10.2 Å². The van der Waals surface area contributed by atoms with Crippen molar-refractivity contribution in [3.05, 3.63) is 89.0 Å². The number of hydrazine groups is 2. The predicted molar refractivity (Wildman–Crippen MR) is 100 cm³/mol. The minimum atomic E-state index is -0.364. The molecule has 2 aromatic rings. The quantitative estimate of drug-likeness (QED) is 0.467. The SMILES string of the molecule is CCN1NN=C(C(C=CC=O)=C(c2ccc(F)cc2)c2ccc(F)cc2)N1. The van der Waals surface area contributed by atoms with Gasteiger partial charge < -0.3 is 0 Å². The van der Waals surface area contributed by atoms with Crippen LogP contribution in [-0.4, -0.2) is 23.8 Å². The maximum absolute atomic E-state index is 13.4. The van der Waals surface area contributed by atoms with Crippen LogP contribution in [0.4, 0.5) is 8.78 Å².